The molecule has 0 aliphatic rings. The van der Waals surface area contributed by atoms with Gasteiger partial charge < -0.3 is 14.8 Å². The molecule has 35 heavy (non-hydrogen) atoms. The van der Waals surface area contributed by atoms with E-state index in [1.54, 1.807) is 18.6 Å². The van der Waals surface area contributed by atoms with E-state index >= 15 is 0 Å². The van der Waals surface area contributed by atoms with Crippen molar-refractivity contribution in [3.8, 4) is 0 Å². The van der Waals surface area contributed by atoms with Crippen LogP contribution in [0.15, 0.2) is 73.2 Å². The lowest BCUT2D eigenvalue weighted by Crippen LogP contribution is -2.31. The van der Waals surface area contributed by atoms with Gasteiger partial charge in [0.2, 0.25) is 5.91 Å². The third kappa shape index (κ3) is 6.12. The Hall–Kier alpha value is -4.00. The van der Waals surface area contributed by atoms with Crippen molar-refractivity contribution in [2.45, 2.75) is 46.2 Å². The Morgan fingerprint density at radius 3 is 2.54 bits per heavy atom. The number of anilines is 1. The number of pyridine rings is 1. The highest BCUT2D eigenvalue weighted by Gasteiger charge is 2.20. The van der Waals surface area contributed by atoms with E-state index in [1.807, 2.05) is 64.1 Å². The minimum atomic E-state index is -0.194. The Bertz CT molecular complexity index is 1280. The number of benzene rings is 2. The number of unbranched alkanes of at least 4 members (excludes halogenated alkanes) is 1. The predicted molar refractivity (Wildman–Crippen MR) is 138 cm³/mol. The van der Waals surface area contributed by atoms with Gasteiger partial charge in [-0.25, -0.2) is 4.98 Å². The number of aryl methyl sites for hydroxylation is 2. The van der Waals surface area contributed by atoms with Crippen molar-refractivity contribution in [3.05, 3.63) is 90.0 Å². The van der Waals surface area contributed by atoms with E-state index in [-0.39, 0.29) is 11.8 Å². The standard InChI is InChI=1S/C28H31N5O2/c1-3-4-15-32(19-22-10-6-5-7-11-22)28(35)23-17-25-27(26(18-23)31-21(2)34)33(20-30-25)16-13-24-12-8-9-14-29-24/h5-12,14,17-18,20H,3-4,13,15-16,19H2,1-2H3,(H,31,34). The SMILES string of the molecule is CCCCN(Cc1ccccc1)C(=O)c1cc(NC(C)=O)c2c(c1)ncn2CCc1ccccn1. The lowest BCUT2D eigenvalue weighted by atomic mass is 10.1. The fraction of sp³-hybridized carbons (Fsp3) is 0.286. The Labute approximate surface area is 205 Å². The van der Waals surface area contributed by atoms with E-state index in [9.17, 15) is 9.59 Å². The van der Waals surface area contributed by atoms with Gasteiger partial charge in [0.25, 0.3) is 5.91 Å². The first-order valence-electron chi connectivity index (χ1n) is 12.0. The molecule has 4 rings (SSSR count). The molecule has 0 aliphatic heterocycles. The number of carbonyl (C=O) groups excluding carboxylic acids is 2. The average Bonchev–Trinajstić information content (AvgIpc) is 3.29. The first-order valence-corrected chi connectivity index (χ1v) is 12.0. The molecule has 7 heteroatoms. The average molecular weight is 470 g/mol. The van der Waals surface area contributed by atoms with Gasteiger partial charge in [-0.05, 0) is 36.2 Å². The molecule has 1 N–H and O–H groups in total. The van der Waals surface area contributed by atoms with Crippen molar-refractivity contribution in [1.82, 2.24) is 19.4 Å². The third-order valence-corrected chi connectivity index (χ3v) is 5.89. The van der Waals surface area contributed by atoms with Crippen LogP contribution in [-0.4, -0.2) is 37.8 Å². The van der Waals surface area contributed by atoms with Gasteiger partial charge in [0.05, 0.1) is 23.0 Å². The van der Waals surface area contributed by atoms with Crippen molar-refractivity contribution in [3.63, 3.8) is 0 Å². The summed E-state index contributed by atoms with van der Waals surface area (Å²) in [4.78, 5) is 36.5. The largest absolute Gasteiger partial charge is 0.334 e. The predicted octanol–water partition coefficient (Wildman–Crippen LogP) is 5.07. The van der Waals surface area contributed by atoms with Crippen LogP contribution < -0.4 is 5.32 Å². The summed E-state index contributed by atoms with van der Waals surface area (Å²) in [6, 6.07) is 19.4. The molecule has 0 atom stereocenters. The van der Waals surface area contributed by atoms with Crippen LogP contribution in [-0.2, 0) is 24.3 Å². The van der Waals surface area contributed by atoms with Crippen LogP contribution in [0, 0.1) is 0 Å². The quantitative estimate of drug-likeness (QED) is 0.351. The van der Waals surface area contributed by atoms with Crippen molar-refractivity contribution in [1.29, 1.82) is 0 Å². The molecule has 2 aromatic carbocycles. The molecule has 0 aliphatic carbocycles. The Morgan fingerprint density at radius 2 is 1.83 bits per heavy atom. The summed E-state index contributed by atoms with van der Waals surface area (Å²) in [6.45, 7) is 5.44. The zero-order valence-electron chi connectivity index (χ0n) is 20.3. The molecule has 0 spiro atoms. The van der Waals surface area contributed by atoms with Crippen molar-refractivity contribution < 1.29 is 9.59 Å². The second kappa shape index (κ2) is 11.4. The van der Waals surface area contributed by atoms with Gasteiger partial charge in [-0.1, -0.05) is 49.7 Å². The molecule has 0 saturated carbocycles. The second-order valence-corrected chi connectivity index (χ2v) is 8.65. The van der Waals surface area contributed by atoms with E-state index < -0.39 is 0 Å². The number of amides is 2. The maximum absolute atomic E-state index is 13.6. The number of rotatable bonds is 10. The second-order valence-electron chi connectivity index (χ2n) is 8.65. The molecule has 2 amide bonds. The van der Waals surface area contributed by atoms with Crippen LogP contribution in [0.3, 0.4) is 0 Å². The molecule has 0 bridgehead atoms. The summed E-state index contributed by atoms with van der Waals surface area (Å²) < 4.78 is 2.00. The normalized spacial score (nSPS) is 10.9. The number of imidazole rings is 1. The van der Waals surface area contributed by atoms with Gasteiger partial charge in [0, 0.05) is 50.4 Å². The Balaban J connectivity index is 1.66. The highest BCUT2D eigenvalue weighted by molar-refractivity contribution is 6.05. The highest BCUT2D eigenvalue weighted by atomic mass is 16.2. The number of nitrogens with one attached hydrogen (secondary N) is 1. The molecular formula is C28H31N5O2. The number of carbonyl (C=O) groups is 2. The molecular weight excluding hydrogens is 438 g/mol. The van der Waals surface area contributed by atoms with Crippen molar-refractivity contribution in [2.24, 2.45) is 0 Å². The van der Waals surface area contributed by atoms with Gasteiger partial charge in [-0.15, -0.1) is 0 Å². The zero-order valence-corrected chi connectivity index (χ0v) is 20.3. The smallest absolute Gasteiger partial charge is 0.254 e. The molecule has 0 fully saturated rings. The highest BCUT2D eigenvalue weighted by Crippen LogP contribution is 2.27. The van der Waals surface area contributed by atoms with E-state index in [0.29, 0.717) is 36.4 Å². The van der Waals surface area contributed by atoms with Gasteiger partial charge in [0.15, 0.2) is 0 Å². The zero-order chi connectivity index (χ0) is 24.6. The summed E-state index contributed by atoms with van der Waals surface area (Å²) in [6.07, 6.45) is 6.18. The molecule has 4 aromatic rings. The summed E-state index contributed by atoms with van der Waals surface area (Å²) in [5.41, 5.74) is 4.65. The van der Waals surface area contributed by atoms with Crippen LogP contribution in [0.25, 0.3) is 11.0 Å². The van der Waals surface area contributed by atoms with E-state index in [0.717, 1.165) is 36.0 Å². The van der Waals surface area contributed by atoms with E-state index in [2.05, 4.69) is 22.2 Å². The Morgan fingerprint density at radius 1 is 1.03 bits per heavy atom. The molecule has 7 nitrogen and oxygen atoms in total. The lowest BCUT2D eigenvalue weighted by Gasteiger charge is -2.23. The fourth-order valence-electron chi connectivity index (χ4n) is 4.16. The maximum Gasteiger partial charge on any atom is 0.254 e. The minimum Gasteiger partial charge on any atom is -0.334 e. The third-order valence-electron chi connectivity index (χ3n) is 5.89. The van der Waals surface area contributed by atoms with Gasteiger partial charge in [-0.3, -0.25) is 14.6 Å². The van der Waals surface area contributed by atoms with E-state index in [1.165, 1.54) is 6.92 Å². The molecule has 2 aromatic heterocycles. The van der Waals surface area contributed by atoms with Crippen LogP contribution in [0.2, 0.25) is 0 Å². The first-order chi connectivity index (χ1) is 17.0. The lowest BCUT2D eigenvalue weighted by molar-refractivity contribution is -0.114. The molecule has 0 unspecified atom stereocenters. The summed E-state index contributed by atoms with van der Waals surface area (Å²) in [5, 5.41) is 2.91. The summed E-state index contributed by atoms with van der Waals surface area (Å²) in [5.74, 6) is -0.264. The van der Waals surface area contributed by atoms with Gasteiger partial charge in [0.1, 0.15) is 0 Å². The molecule has 180 valence electrons. The van der Waals surface area contributed by atoms with Crippen LogP contribution in [0.5, 0.6) is 0 Å². The number of hydrogen-bond donors (Lipinski definition) is 1. The minimum absolute atomic E-state index is 0.0705. The Kier molecular flexibility index (Phi) is 7.88. The van der Waals surface area contributed by atoms with Gasteiger partial charge in [-0.2, -0.15) is 0 Å². The summed E-state index contributed by atoms with van der Waals surface area (Å²) in [7, 11) is 0. The van der Waals surface area contributed by atoms with Crippen LogP contribution in [0.4, 0.5) is 5.69 Å². The fourth-order valence-corrected chi connectivity index (χ4v) is 4.16. The molecule has 0 radical (unpaired) electrons. The van der Waals surface area contributed by atoms with Crippen LogP contribution in [0.1, 0.15) is 48.3 Å². The number of fused-ring (bicyclic) bond motifs is 1. The van der Waals surface area contributed by atoms with Crippen LogP contribution >= 0.6 is 0 Å². The number of aromatic nitrogens is 3. The van der Waals surface area contributed by atoms with Gasteiger partial charge >= 0.3 is 0 Å². The van der Waals surface area contributed by atoms with Crippen molar-refractivity contribution in [2.75, 3.05) is 11.9 Å². The molecule has 0 saturated heterocycles. The first kappa shape index (κ1) is 24.1. The molecule has 2 heterocycles. The number of hydrogen-bond acceptors (Lipinski definition) is 4. The van der Waals surface area contributed by atoms with E-state index in [4.69, 9.17) is 0 Å². The number of nitrogens with zero attached hydrogens (tertiary/aromatic N) is 4. The topological polar surface area (TPSA) is 80.1 Å². The monoisotopic (exact) mass is 469 g/mol. The van der Waals surface area contributed by atoms with Crippen molar-refractivity contribution >= 4 is 28.5 Å². The maximum atomic E-state index is 13.6. The summed E-state index contributed by atoms with van der Waals surface area (Å²) >= 11 is 0.